The molecule has 0 unspecified atom stereocenters. The lowest BCUT2D eigenvalue weighted by molar-refractivity contribution is -0.141. The van der Waals surface area contributed by atoms with Crippen LogP contribution in [-0.2, 0) is 6.18 Å². The number of rotatable bonds is 4. The number of ether oxygens (including phenoxy) is 1. The highest BCUT2D eigenvalue weighted by Crippen LogP contribution is 2.30. The smallest absolute Gasteiger partial charge is 0.433 e. The first-order chi connectivity index (χ1) is 11.8. The number of carbonyl (C=O) groups excluding carboxylic acids is 1. The Kier molecular flexibility index (Phi) is 4.09. The molecule has 3 rings (SSSR count). The van der Waals surface area contributed by atoms with Gasteiger partial charge in [-0.2, -0.15) is 28.6 Å². The first-order valence-electron chi connectivity index (χ1n) is 6.88. The molecule has 0 spiro atoms. The molecular formula is C15H10F3N5O2. The monoisotopic (exact) mass is 349 g/mol. The Morgan fingerprint density at radius 3 is 2.44 bits per heavy atom. The second-order valence-corrected chi connectivity index (χ2v) is 4.87. The summed E-state index contributed by atoms with van der Waals surface area (Å²) in [5.41, 5.74) is 4.92. The van der Waals surface area contributed by atoms with Gasteiger partial charge in [0.2, 0.25) is 5.88 Å². The third-order valence-corrected chi connectivity index (χ3v) is 3.15. The molecule has 128 valence electrons. The van der Waals surface area contributed by atoms with E-state index in [0.29, 0.717) is 5.56 Å². The molecule has 7 nitrogen and oxygen atoms in total. The molecule has 2 heterocycles. The first-order valence-corrected chi connectivity index (χ1v) is 6.88. The van der Waals surface area contributed by atoms with Crippen molar-refractivity contribution in [2.24, 2.45) is 5.73 Å². The molecule has 2 aromatic heterocycles. The first kappa shape index (κ1) is 16.4. The molecule has 1 aromatic carbocycles. The Morgan fingerprint density at radius 1 is 1.08 bits per heavy atom. The normalized spacial score (nSPS) is 11.3. The van der Waals surface area contributed by atoms with Crippen molar-refractivity contribution in [2.75, 3.05) is 0 Å². The van der Waals surface area contributed by atoms with Gasteiger partial charge >= 0.3 is 6.18 Å². The summed E-state index contributed by atoms with van der Waals surface area (Å²) in [5.74, 6) is -0.668. The zero-order valence-corrected chi connectivity index (χ0v) is 12.4. The maximum Gasteiger partial charge on any atom is 0.433 e. The predicted octanol–water partition coefficient (Wildman–Crippen LogP) is 2.78. The van der Waals surface area contributed by atoms with Crippen LogP contribution in [0.2, 0.25) is 0 Å². The zero-order valence-electron chi connectivity index (χ0n) is 12.4. The van der Waals surface area contributed by atoms with E-state index in [4.69, 9.17) is 10.5 Å². The average Bonchev–Trinajstić information content (AvgIpc) is 3.05. The van der Waals surface area contributed by atoms with Crippen molar-refractivity contribution in [3.8, 4) is 22.9 Å². The van der Waals surface area contributed by atoms with Crippen molar-refractivity contribution < 1.29 is 22.7 Å². The summed E-state index contributed by atoms with van der Waals surface area (Å²) >= 11 is 0. The lowest BCUT2D eigenvalue weighted by atomic mass is 10.1. The minimum Gasteiger partial charge on any atom is -0.439 e. The van der Waals surface area contributed by atoms with Gasteiger partial charge in [0.25, 0.3) is 5.91 Å². The Balaban J connectivity index is 1.82. The lowest BCUT2D eigenvalue weighted by Crippen LogP contribution is -2.12. The van der Waals surface area contributed by atoms with Crippen molar-refractivity contribution in [3.63, 3.8) is 0 Å². The van der Waals surface area contributed by atoms with E-state index in [2.05, 4.69) is 20.4 Å². The highest BCUT2D eigenvalue weighted by atomic mass is 19.4. The SMILES string of the molecule is NC(=O)c1n[nH]nc1-c1ccc(Oc2cccc(C(F)(F)F)n2)cc1. The summed E-state index contributed by atoms with van der Waals surface area (Å²) in [6, 6.07) is 9.49. The van der Waals surface area contributed by atoms with E-state index in [1.165, 1.54) is 24.3 Å². The molecule has 0 saturated carbocycles. The molecule has 0 fully saturated rings. The Labute approximate surface area is 138 Å². The number of H-pyrrole nitrogens is 1. The summed E-state index contributed by atoms with van der Waals surface area (Å²) in [6.07, 6.45) is -4.55. The highest BCUT2D eigenvalue weighted by molar-refractivity contribution is 5.96. The Bertz CT molecular complexity index is 906. The van der Waals surface area contributed by atoms with Crippen LogP contribution in [0.4, 0.5) is 13.2 Å². The van der Waals surface area contributed by atoms with Gasteiger partial charge in [-0.3, -0.25) is 4.79 Å². The Hall–Kier alpha value is -3.43. The van der Waals surface area contributed by atoms with E-state index in [-0.39, 0.29) is 23.0 Å². The molecule has 0 aliphatic carbocycles. The van der Waals surface area contributed by atoms with Gasteiger partial charge in [0, 0.05) is 11.6 Å². The second kappa shape index (κ2) is 6.23. The molecule has 3 aromatic rings. The maximum atomic E-state index is 12.6. The van der Waals surface area contributed by atoms with E-state index in [1.807, 2.05) is 0 Å². The number of benzene rings is 1. The molecule has 25 heavy (non-hydrogen) atoms. The molecule has 0 aliphatic rings. The number of alkyl halides is 3. The molecular weight excluding hydrogens is 339 g/mol. The highest BCUT2D eigenvalue weighted by Gasteiger charge is 2.32. The van der Waals surface area contributed by atoms with E-state index in [9.17, 15) is 18.0 Å². The fraction of sp³-hybridized carbons (Fsp3) is 0.0667. The minimum absolute atomic E-state index is 0.0202. The van der Waals surface area contributed by atoms with Crippen LogP contribution in [0.1, 0.15) is 16.2 Å². The third-order valence-electron chi connectivity index (χ3n) is 3.15. The molecule has 0 bridgehead atoms. The Morgan fingerprint density at radius 2 is 1.80 bits per heavy atom. The number of aromatic amines is 1. The van der Waals surface area contributed by atoms with Crippen molar-refractivity contribution in [1.82, 2.24) is 20.4 Å². The molecule has 1 amide bonds. The summed E-state index contributed by atoms with van der Waals surface area (Å²) in [5, 5.41) is 9.81. The van der Waals surface area contributed by atoms with E-state index in [0.717, 1.165) is 6.07 Å². The van der Waals surface area contributed by atoms with Crippen molar-refractivity contribution in [3.05, 3.63) is 53.9 Å². The molecule has 0 saturated heterocycles. The lowest BCUT2D eigenvalue weighted by Gasteiger charge is -2.09. The molecule has 0 aliphatic heterocycles. The van der Waals surface area contributed by atoms with E-state index < -0.39 is 17.8 Å². The number of halogens is 3. The van der Waals surface area contributed by atoms with Crippen LogP contribution in [0, 0.1) is 0 Å². The van der Waals surface area contributed by atoms with Crippen LogP contribution >= 0.6 is 0 Å². The van der Waals surface area contributed by atoms with Crippen molar-refractivity contribution in [1.29, 1.82) is 0 Å². The fourth-order valence-corrected chi connectivity index (χ4v) is 2.04. The molecule has 0 radical (unpaired) electrons. The van der Waals surface area contributed by atoms with Gasteiger partial charge in [-0.25, -0.2) is 4.98 Å². The van der Waals surface area contributed by atoms with Crippen LogP contribution in [0.15, 0.2) is 42.5 Å². The molecule has 0 atom stereocenters. The summed E-state index contributed by atoms with van der Waals surface area (Å²) in [4.78, 5) is 14.7. The number of nitrogens with zero attached hydrogens (tertiary/aromatic N) is 3. The summed E-state index contributed by atoms with van der Waals surface area (Å²) in [6.45, 7) is 0. The van der Waals surface area contributed by atoms with Gasteiger partial charge in [0.15, 0.2) is 5.69 Å². The number of carbonyl (C=O) groups is 1. The van der Waals surface area contributed by atoms with Gasteiger partial charge in [-0.15, -0.1) is 0 Å². The number of nitrogens with one attached hydrogen (secondary N) is 1. The molecule has 3 N–H and O–H groups in total. The van der Waals surface area contributed by atoms with Crippen LogP contribution in [0.5, 0.6) is 11.6 Å². The van der Waals surface area contributed by atoms with Crippen LogP contribution < -0.4 is 10.5 Å². The summed E-state index contributed by atoms with van der Waals surface area (Å²) < 4.78 is 43.3. The maximum absolute atomic E-state index is 12.6. The van der Waals surface area contributed by atoms with Crippen LogP contribution in [0.3, 0.4) is 0 Å². The largest absolute Gasteiger partial charge is 0.439 e. The van der Waals surface area contributed by atoms with Gasteiger partial charge < -0.3 is 10.5 Å². The number of nitrogens with two attached hydrogens (primary N) is 1. The number of pyridine rings is 1. The van der Waals surface area contributed by atoms with Gasteiger partial charge in [-0.1, -0.05) is 6.07 Å². The van der Waals surface area contributed by atoms with Crippen LogP contribution in [-0.4, -0.2) is 26.3 Å². The third kappa shape index (κ3) is 3.57. The standard InChI is InChI=1S/C15H10F3N5O2/c16-15(17,18)10-2-1-3-11(20-10)25-9-6-4-8(5-7-9)12-13(14(19)24)22-23-21-12/h1-7H,(H2,19,24)(H,21,22,23). The van der Waals surface area contributed by atoms with E-state index in [1.54, 1.807) is 12.1 Å². The minimum atomic E-state index is -4.55. The number of primary amides is 1. The molecule has 10 heteroatoms. The van der Waals surface area contributed by atoms with Gasteiger partial charge in [0.05, 0.1) is 0 Å². The second-order valence-electron chi connectivity index (χ2n) is 4.87. The quantitative estimate of drug-likeness (QED) is 0.753. The van der Waals surface area contributed by atoms with Gasteiger partial charge in [0.1, 0.15) is 17.1 Å². The van der Waals surface area contributed by atoms with Gasteiger partial charge in [-0.05, 0) is 30.3 Å². The number of amides is 1. The van der Waals surface area contributed by atoms with Crippen molar-refractivity contribution in [2.45, 2.75) is 6.18 Å². The number of aromatic nitrogens is 4. The predicted molar refractivity (Wildman–Crippen MR) is 79.6 cm³/mol. The number of hydrogen-bond acceptors (Lipinski definition) is 5. The van der Waals surface area contributed by atoms with Crippen LogP contribution in [0.25, 0.3) is 11.3 Å². The fourth-order valence-electron chi connectivity index (χ4n) is 2.04. The zero-order chi connectivity index (χ0) is 18.0. The average molecular weight is 349 g/mol. The summed E-state index contributed by atoms with van der Waals surface area (Å²) in [7, 11) is 0. The number of hydrogen-bond donors (Lipinski definition) is 2. The topological polar surface area (TPSA) is 107 Å². The van der Waals surface area contributed by atoms with E-state index >= 15 is 0 Å². The van der Waals surface area contributed by atoms with Crippen molar-refractivity contribution >= 4 is 5.91 Å².